The largest absolute Gasteiger partial charge is 0.323 e. The van der Waals surface area contributed by atoms with Crippen LogP contribution in [0.25, 0.3) is 0 Å². The molecule has 114 valence electrons. The van der Waals surface area contributed by atoms with Gasteiger partial charge in [-0.2, -0.15) is 0 Å². The minimum Gasteiger partial charge on any atom is -0.323 e. The molecule has 2 rings (SSSR count). The van der Waals surface area contributed by atoms with E-state index in [1.165, 1.54) is 0 Å². The van der Waals surface area contributed by atoms with E-state index in [9.17, 15) is 9.59 Å². The van der Waals surface area contributed by atoms with E-state index < -0.39 is 0 Å². The first-order valence-corrected chi connectivity index (χ1v) is 7.05. The molecule has 0 unspecified atom stereocenters. The van der Waals surface area contributed by atoms with Gasteiger partial charge in [0.2, 0.25) is 5.91 Å². The van der Waals surface area contributed by atoms with Gasteiger partial charge >= 0.3 is 0 Å². The molecular formula is C16H16ClN3O2. The molecule has 0 aliphatic rings. The fourth-order valence-electron chi connectivity index (χ4n) is 1.90. The number of carbonyl (C=O) groups excluding carboxylic acids is 2. The molecule has 2 aromatic rings. The lowest BCUT2D eigenvalue weighted by Crippen LogP contribution is -2.23. The van der Waals surface area contributed by atoms with Gasteiger partial charge in [-0.05, 0) is 42.8 Å². The number of benzene rings is 2. The van der Waals surface area contributed by atoms with Crippen LogP contribution in [0, 0.1) is 6.92 Å². The van der Waals surface area contributed by atoms with Crippen LogP contribution in [0.15, 0.2) is 42.5 Å². The first kappa shape index (κ1) is 16.0. The maximum Gasteiger partial charge on any atom is 0.255 e. The number of nitrogens with one attached hydrogen (secondary N) is 2. The highest BCUT2D eigenvalue weighted by atomic mass is 35.5. The van der Waals surface area contributed by atoms with Crippen molar-refractivity contribution in [1.29, 1.82) is 0 Å². The molecule has 0 aromatic heterocycles. The fourth-order valence-corrected chi connectivity index (χ4v) is 2.09. The predicted molar refractivity (Wildman–Crippen MR) is 88.3 cm³/mol. The standard InChI is InChI=1S/C16H16ClN3O2/c1-10-5-6-13(14(7-10)19-15(21)9-18)20-16(22)11-3-2-4-12(17)8-11/h2-8H,9,18H2,1H3,(H,19,21)(H,20,22). The van der Waals surface area contributed by atoms with Crippen molar-refractivity contribution in [2.75, 3.05) is 17.2 Å². The summed E-state index contributed by atoms with van der Waals surface area (Å²) in [6.45, 7) is 1.76. The highest BCUT2D eigenvalue weighted by Crippen LogP contribution is 2.24. The second-order valence-electron chi connectivity index (χ2n) is 4.77. The van der Waals surface area contributed by atoms with Crippen molar-refractivity contribution in [2.24, 2.45) is 5.73 Å². The van der Waals surface area contributed by atoms with Crippen LogP contribution >= 0.6 is 11.6 Å². The van der Waals surface area contributed by atoms with Crippen LogP contribution in [-0.4, -0.2) is 18.4 Å². The third-order valence-electron chi connectivity index (χ3n) is 2.97. The van der Waals surface area contributed by atoms with Gasteiger partial charge in [-0.15, -0.1) is 0 Å². The molecule has 0 atom stereocenters. The first-order valence-electron chi connectivity index (χ1n) is 6.67. The Morgan fingerprint density at radius 2 is 1.86 bits per heavy atom. The number of rotatable bonds is 4. The molecule has 0 radical (unpaired) electrons. The summed E-state index contributed by atoms with van der Waals surface area (Å²) in [6.07, 6.45) is 0. The summed E-state index contributed by atoms with van der Waals surface area (Å²) < 4.78 is 0. The van der Waals surface area contributed by atoms with E-state index in [-0.39, 0.29) is 18.4 Å². The molecule has 22 heavy (non-hydrogen) atoms. The number of anilines is 2. The quantitative estimate of drug-likeness (QED) is 0.810. The van der Waals surface area contributed by atoms with Gasteiger partial charge in [-0.3, -0.25) is 9.59 Å². The summed E-state index contributed by atoms with van der Waals surface area (Å²) in [7, 11) is 0. The van der Waals surface area contributed by atoms with Gasteiger partial charge in [-0.25, -0.2) is 0 Å². The maximum atomic E-state index is 12.3. The molecule has 4 N–H and O–H groups in total. The van der Waals surface area contributed by atoms with Crippen molar-refractivity contribution < 1.29 is 9.59 Å². The second-order valence-corrected chi connectivity index (χ2v) is 5.20. The van der Waals surface area contributed by atoms with Crippen LogP contribution < -0.4 is 16.4 Å². The molecule has 0 saturated heterocycles. The molecule has 0 saturated carbocycles. The van der Waals surface area contributed by atoms with Gasteiger partial charge in [0.15, 0.2) is 0 Å². The number of aryl methyl sites for hydroxylation is 1. The summed E-state index contributed by atoms with van der Waals surface area (Å²) in [5, 5.41) is 5.90. The van der Waals surface area contributed by atoms with E-state index in [0.717, 1.165) is 5.56 Å². The highest BCUT2D eigenvalue weighted by molar-refractivity contribution is 6.31. The summed E-state index contributed by atoms with van der Waals surface area (Å²) in [4.78, 5) is 23.7. The Morgan fingerprint density at radius 1 is 1.09 bits per heavy atom. The van der Waals surface area contributed by atoms with Crippen molar-refractivity contribution in [3.63, 3.8) is 0 Å². The van der Waals surface area contributed by atoms with Gasteiger partial charge in [0.05, 0.1) is 17.9 Å². The smallest absolute Gasteiger partial charge is 0.255 e. The summed E-state index contributed by atoms with van der Waals surface area (Å²) in [5.74, 6) is -0.640. The van der Waals surface area contributed by atoms with Crippen molar-refractivity contribution in [3.8, 4) is 0 Å². The zero-order valence-corrected chi connectivity index (χ0v) is 12.8. The number of nitrogens with two attached hydrogens (primary N) is 1. The Labute approximate surface area is 133 Å². The monoisotopic (exact) mass is 317 g/mol. The lowest BCUT2D eigenvalue weighted by atomic mass is 10.1. The molecular weight excluding hydrogens is 302 g/mol. The van der Waals surface area contributed by atoms with E-state index >= 15 is 0 Å². The third-order valence-corrected chi connectivity index (χ3v) is 3.20. The normalized spacial score (nSPS) is 10.1. The summed E-state index contributed by atoms with van der Waals surface area (Å²) in [5.41, 5.74) is 7.69. The van der Waals surface area contributed by atoms with Crippen molar-refractivity contribution in [2.45, 2.75) is 6.92 Å². The lowest BCUT2D eigenvalue weighted by molar-refractivity contribution is -0.114. The number of hydrogen-bond acceptors (Lipinski definition) is 3. The number of hydrogen-bond donors (Lipinski definition) is 3. The van der Waals surface area contributed by atoms with Crippen molar-refractivity contribution in [1.82, 2.24) is 0 Å². The molecule has 0 bridgehead atoms. The topological polar surface area (TPSA) is 84.2 Å². The number of carbonyl (C=O) groups is 2. The van der Waals surface area contributed by atoms with Crippen molar-refractivity contribution in [3.05, 3.63) is 58.6 Å². The molecule has 0 fully saturated rings. The maximum absolute atomic E-state index is 12.3. The SMILES string of the molecule is Cc1ccc(NC(=O)c2cccc(Cl)c2)c(NC(=O)CN)c1. The average Bonchev–Trinajstić information content (AvgIpc) is 2.49. The van der Waals surface area contributed by atoms with Crippen LogP contribution in [0.1, 0.15) is 15.9 Å². The number of halogens is 1. The fraction of sp³-hybridized carbons (Fsp3) is 0.125. The zero-order valence-electron chi connectivity index (χ0n) is 12.0. The van der Waals surface area contributed by atoms with E-state index in [4.69, 9.17) is 17.3 Å². The van der Waals surface area contributed by atoms with E-state index in [0.29, 0.717) is 22.0 Å². The Balaban J connectivity index is 2.25. The van der Waals surface area contributed by atoms with Crippen LogP contribution in [0.4, 0.5) is 11.4 Å². The predicted octanol–water partition coefficient (Wildman–Crippen LogP) is 2.80. The van der Waals surface area contributed by atoms with Gasteiger partial charge in [0, 0.05) is 10.6 Å². The Morgan fingerprint density at radius 3 is 2.55 bits per heavy atom. The molecule has 5 nitrogen and oxygen atoms in total. The molecule has 0 spiro atoms. The minimum absolute atomic E-state index is 0.129. The molecule has 0 aliphatic carbocycles. The van der Waals surface area contributed by atoms with Crippen molar-refractivity contribution >= 4 is 34.8 Å². The number of amides is 2. The van der Waals surface area contributed by atoms with Crippen LogP contribution in [0.2, 0.25) is 5.02 Å². The highest BCUT2D eigenvalue weighted by Gasteiger charge is 2.11. The Kier molecular flexibility index (Phi) is 5.14. The third kappa shape index (κ3) is 4.07. The van der Waals surface area contributed by atoms with Gasteiger partial charge in [0.1, 0.15) is 0 Å². The molecule has 6 heteroatoms. The van der Waals surface area contributed by atoms with E-state index in [2.05, 4.69) is 10.6 Å². The van der Waals surface area contributed by atoms with E-state index in [1.807, 2.05) is 13.0 Å². The zero-order chi connectivity index (χ0) is 16.1. The van der Waals surface area contributed by atoms with Gasteiger partial charge < -0.3 is 16.4 Å². The summed E-state index contributed by atoms with van der Waals surface area (Å²) in [6, 6.07) is 12.0. The van der Waals surface area contributed by atoms with Gasteiger partial charge in [-0.1, -0.05) is 23.7 Å². The lowest BCUT2D eigenvalue weighted by Gasteiger charge is -2.13. The van der Waals surface area contributed by atoms with Crippen LogP contribution in [0.3, 0.4) is 0 Å². The molecule has 2 aromatic carbocycles. The Hall–Kier alpha value is -2.37. The first-order chi connectivity index (χ1) is 10.5. The second kappa shape index (κ2) is 7.06. The summed E-state index contributed by atoms with van der Waals surface area (Å²) >= 11 is 5.88. The molecule has 0 heterocycles. The van der Waals surface area contributed by atoms with Crippen LogP contribution in [0.5, 0.6) is 0 Å². The van der Waals surface area contributed by atoms with Gasteiger partial charge in [0.25, 0.3) is 5.91 Å². The average molecular weight is 318 g/mol. The molecule has 0 aliphatic heterocycles. The van der Waals surface area contributed by atoms with Crippen LogP contribution in [-0.2, 0) is 4.79 Å². The van der Waals surface area contributed by atoms with E-state index in [1.54, 1.807) is 36.4 Å². The Bertz CT molecular complexity index is 716. The minimum atomic E-state index is -0.330. The molecule has 2 amide bonds.